The summed E-state index contributed by atoms with van der Waals surface area (Å²) < 4.78 is 17.2. The first-order valence-electron chi connectivity index (χ1n) is 7.81. The number of methoxy groups -OCH3 is 1. The first kappa shape index (κ1) is 17.4. The summed E-state index contributed by atoms with van der Waals surface area (Å²) in [7, 11) is 1.54. The minimum Gasteiger partial charge on any atom is -0.492 e. The lowest BCUT2D eigenvalue weighted by molar-refractivity contribution is -0.112. The van der Waals surface area contributed by atoms with E-state index in [0.717, 1.165) is 39.3 Å². The largest absolute Gasteiger partial charge is 0.492 e. The summed E-state index contributed by atoms with van der Waals surface area (Å²) >= 11 is 2.05. The molecule has 2 aliphatic rings. The predicted octanol–water partition coefficient (Wildman–Crippen LogP) is 1.54. The number of carbonyl (C=O) groups is 2. The molecule has 0 saturated carbocycles. The van der Waals surface area contributed by atoms with Crippen LogP contribution in [0.1, 0.15) is 16.8 Å². The third-order valence-electron chi connectivity index (χ3n) is 4.06. The van der Waals surface area contributed by atoms with E-state index < -0.39 is 11.7 Å². The second-order valence-electron chi connectivity index (χ2n) is 5.58. The van der Waals surface area contributed by atoms with Crippen molar-refractivity contribution in [2.24, 2.45) is 0 Å². The van der Waals surface area contributed by atoms with Crippen LogP contribution in [-0.2, 0) is 9.53 Å². The average Bonchev–Trinajstić information content (AvgIpc) is 2.88. The van der Waals surface area contributed by atoms with Gasteiger partial charge in [-0.1, -0.05) is 0 Å². The molecule has 1 aromatic carbocycles. The van der Waals surface area contributed by atoms with Crippen molar-refractivity contribution in [3.8, 4) is 11.5 Å². The number of benzene rings is 1. The molecule has 7 nitrogen and oxygen atoms in total. The fourth-order valence-electron chi connectivity index (χ4n) is 2.80. The maximum absolute atomic E-state index is 11.9. The van der Waals surface area contributed by atoms with Gasteiger partial charge in [-0.15, -0.1) is 0 Å². The summed E-state index contributed by atoms with van der Waals surface area (Å²) in [5, 5.41) is 2.58. The van der Waals surface area contributed by atoms with Gasteiger partial charge in [0.15, 0.2) is 11.5 Å². The Morgan fingerprint density at radius 2 is 2.08 bits per heavy atom. The lowest BCUT2D eigenvalue weighted by Gasteiger charge is -2.26. The highest BCUT2D eigenvalue weighted by molar-refractivity contribution is 14.1. The predicted molar refractivity (Wildman–Crippen MR) is 96.0 cm³/mol. The van der Waals surface area contributed by atoms with Crippen molar-refractivity contribution in [1.29, 1.82) is 0 Å². The molecule has 0 aliphatic carbocycles. The number of nitrogens with one attached hydrogen (secondary N) is 1. The number of anilines is 1. The van der Waals surface area contributed by atoms with E-state index in [2.05, 4.69) is 32.8 Å². The summed E-state index contributed by atoms with van der Waals surface area (Å²) in [6.07, 6.45) is 0.863. The topological polar surface area (TPSA) is 77.1 Å². The highest BCUT2D eigenvalue weighted by atomic mass is 127. The standard InChI is InChI=1S/C16H19IN2O5/c1-22-15-11(24-6-2-3-19-4-7-23-8-5-19)9-10-13(12(15)17)18-16(21)14(10)20/h9H,2-8H2,1H3,(H,18,20,21). The highest BCUT2D eigenvalue weighted by Crippen LogP contribution is 2.42. The second kappa shape index (κ2) is 7.66. The Balaban J connectivity index is 1.66. The molecule has 0 unspecified atom stereocenters. The molecular formula is C16H19IN2O5. The fraction of sp³-hybridized carbons (Fsp3) is 0.500. The number of hydrogen-bond acceptors (Lipinski definition) is 6. The zero-order valence-corrected chi connectivity index (χ0v) is 15.6. The number of hydrogen-bond donors (Lipinski definition) is 1. The van der Waals surface area contributed by atoms with Crippen molar-refractivity contribution < 1.29 is 23.8 Å². The molecule has 24 heavy (non-hydrogen) atoms. The van der Waals surface area contributed by atoms with E-state index in [0.29, 0.717) is 32.9 Å². The molecule has 8 heteroatoms. The van der Waals surface area contributed by atoms with Gasteiger partial charge in [-0.05, 0) is 35.1 Å². The van der Waals surface area contributed by atoms with E-state index >= 15 is 0 Å². The van der Waals surface area contributed by atoms with Crippen molar-refractivity contribution in [1.82, 2.24) is 4.90 Å². The van der Waals surface area contributed by atoms with Gasteiger partial charge in [0.1, 0.15) is 0 Å². The molecule has 1 amide bonds. The van der Waals surface area contributed by atoms with Crippen LogP contribution in [0.4, 0.5) is 5.69 Å². The SMILES string of the molecule is COc1c(OCCCN2CCOCC2)cc2c(c1I)NC(=O)C2=O. The number of carbonyl (C=O) groups excluding carboxylic acids is 2. The van der Waals surface area contributed by atoms with E-state index in [-0.39, 0.29) is 0 Å². The van der Waals surface area contributed by atoms with Crippen LogP contribution in [0.15, 0.2) is 6.07 Å². The molecule has 2 heterocycles. The van der Waals surface area contributed by atoms with Crippen LogP contribution in [0, 0.1) is 3.57 Å². The number of Topliss-reactive ketones (excluding diaryl/α,β-unsaturated/α-hetero) is 1. The van der Waals surface area contributed by atoms with Gasteiger partial charge in [0, 0.05) is 19.6 Å². The van der Waals surface area contributed by atoms with Crippen LogP contribution < -0.4 is 14.8 Å². The Hall–Kier alpha value is -1.39. The Labute approximate surface area is 153 Å². The second-order valence-corrected chi connectivity index (χ2v) is 6.66. The van der Waals surface area contributed by atoms with E-state index in [4.69, 9.17) is 14.2 Å². The number of ketones is 1. The minimum atomic E-state index is -0.616. The molecule has 0 atom stereocenters. The lowest BCUT2D eigenvalue weighted by atomic mass is 10.1. The molecular weight excluding hydrogens is 427 g/mol. The van der Waals surface area contributed by atoms with Crippen molar-refractivity contribution in [2.45, 2.75) is 6.42 Å². The summed E-state index contributed by atoms with van der Waals surface area (Å²) in [4.78, 5) is 25.8. The van der Waals surface area contributed by atoms with Gasteiger partial charge in [-0.3, -0.25) is 14.5 Å². The minimum absolute atomic E-state index is 0.341. The molecule has 3 rings (SSSR count). The summed E-state index contributed by atoms with van der Waals surface area (Å²) in [6, 6.07) is 1.59. The van der Waals surface area contributed by atoms with E-state index in [1.165, 1.54) is 0 Å². The summed E-state index contributed by atoms with van der Waals surface area (Å²) in [5.74, 6) is -0.124. The Kier molecular flexibility index (Phi) is 5.57. The van der Waals surface area contributed by atoms with Gasteiger partial charge in [0.25, 0.3) is 11.7 Å². The number of ether oxygens (including phenoxy) is 3. The van der Waals surface area contributed by atoms with Crippen molar-refractivity contribution in [3.63, 3.8) is 0 Å². The van der Waals surface area contributed by atoms with Gasteiger partial charge in [0.05, 0.1) is 41.8 Å². The number of amides is 1. The van der Waals surface area contributed by atoms with Gasteiger partial charge in [-0.25, -0.2) is 0 Å². The zero-order chi connectivity index (χ0) is 17.1. The maximum atomic E-state index is 11.9. The molecule has 0 spiro atoms. The van der Waals surface area contributed by atoms with E-state index in [1.54, 1.807) is 13.2 Å². The van der Waals surface area contributed by atoms with Crippen LogP contribution in [0.25, 0.3) is 0 Å². The molecule has 0 radical (unpaired) electrons. The Bertz CT molecular complexity index is 658. The molecule has 1 N–H and O–H groups in total. The van der Waals surface area contributed by atoms with Crippen molar-refractivity contribution in [2.75, 3.05) is 51.9 Å². The highest BCUT2D eigenvalue weighted by Gasteiger charge is 2.33. The van der Waals surface area contributed by atoms with Crippen LogP contribution in [0.5, 0.6) is 11.5 Å². The van der Waals surface area contributed by atoms with Crippen molar-refractivity contribution >= 4 is 40.0 Å². The number of rotatable bonds is 6. The smallest absolute Gasteiger partial charge is 0.296 e. The van der Waals surface area contributed by atoms with Gasteiger partial charge < -0.3 is 19.5 Å². The molecule has 1 saturated heterocycles. The monoisotopic (exact) mass is 446 g/mol. The molecule has 1 aromatic rings. The van der Waals surface area contributed by atoms with Gasteiger partial charge in [0.2, 0.25) is 0 Å². The quantitative estimate of drug-likeness (QED) is 0.406. The van der Waals surface area contributed by atoms with Crippen molar-refractivity contribution in [3.05, 3.63) is 15.2 Å². The molecule has 0 aromatic heterocycles. The first-order chi connectivity index (χ1) is 11.6. The fourth-order valence-corrected chi connectivity index (χ4v) is 3.71. The van der Waals surface area contributed by atoms with Crippen LogP contribution in [0.3, 0.4) is 0 Å². The number of morpholine rings is 1. The third kappa shape index (κ3) is 3.50. The molecule has 130 valence electrons. The molecule has 1 fully saturated rings. The first-order valence-corrected chi connectivity index (χ1v) is 8.88. The summed E-state index contributed by atoms with van der Waals surface area (Å²) in [6.45, 7) is 4.90. The normalized spacial score (nSPS) is 17.6. The molecule has 2 aliphatic heterocycles. The number of nitrogens with zero attached hydrogens (tertiary/aromatic N) is 1. The van der Waals surface area contributed by atoms with Crippen LogP contribution >= 0.6 is 22.6 Å². The van der Waals surface area contributed by atoms with Crippen LogP contribution in [0.2, 0.25) is 0 Å². The van der Waals surface area contributed by atoms with Gasteiger partial charge in [-0.2, -0.15) is 0 Å². The van der Waals surface area contributed by atoms with E-state index in [9.17, 15) is 9.59 Å². The zero-order valence-electron chi connectivity index (χ0n) is 13.4. The average molecular weight is 446 g/mol. The number of fused-ring (bicyclic) bond motifs is 1. The number of halogens is 1. The maximum Gasteiger partial charge on any atom is 0.296 e. The van der Waals surface area contributed by atoms with Gasteiger partial charge >= 0.3 is 0 Å². The lowest BCUT2D eigenvalue weighted by Crippen LogP contribution is -2.37. The van der Waals surface area contributed by atoms with E-state index in [1.807, 2.05) is 0 Å². The van der Waals surface area contributed by atoms with Crippen LogP contribution in [-0.4, -0.2) is 63.2 Å². The third-order valence-corrected chi connectivity index (χ3v) is 5.09. The Morgan fingerprint density at radius 1 is 1.33 bits per heavy atom. The Morgan fingerprint density at radius 3 is 2.79 bits per heavy atom. The summed E-state index contributed by atoms with van der Waals surface area (Å²) in [5.41, 5.74) is 0.844. The molecule has 0 bridgehead atoms.